The largest absolute Gasteiger partial charge is 0.443 e. The van der Waals surface area contributed by atoms with E-state index >= 15 is 0 Å². The number of hydrogen-bond donors (Lipinski definition) is 3. The second-order valence-electron chi connectivity index (χ2n) is 13.9. The number of carbonyl (C=O) groups excluding carboxylic acids is 1. The van der Waals surface area contributed by atoms with Gasteiger partial charge in [-0.25, -0.2) is 4.98 Å². The second-order valence-corrected chi connectivity index (χ2v) is 13.9. The molecular formula is C38H44N4O2. The van der Waals surface area contributed by atoms with Gasteiger partial charge < -0.3 is 20.0 Å². The third kappa shape index (κ3) is 5.28. The molecule has 2 aromatic heterocycles. The molecule has 0 spiro atoms. The highest BCUT2D eigenvalue weighted by Gasteiger charge is 2.47. The second kappa shape index (κ2) is 11.3. The standard InChI is InChI=1S/C38H44N4O2/c1-22-14-23(2)16-26(15-22)36-35(24(3)20-39-13-12-25-6-9-33-34(17-25)44-21-40-33)29-18-27(7-10-31(29)42-36)38(4,5)37(43)30-19-28-8-11-32(30)41-28/h6-7,9-10,14-18,21,24,28,30,32,39,41-42H,8,11-13,19-20H2,1-5H3/t24-,28-,30?,32+/m1/s1. The fourth-order valence-electron chi connectivity index (χ4n) is 7.89. The van der Waals surface area contributed by atoms with Crippen molar-refractivity contribution in [3.8, 4) is 11.3 Å². The fraction of sp³-hybridized carbons (Fsp3) is 0.421. The number of aryl methyl sites for hydroxylation is 2. The Bertz CT molecular complexity index is 1830. The lowest BCUT2D eigenvalue weighted by Gasteiger charge is -2.30. The van der Waals surface area contributed by atoms with Crippen LogP contribution in [0.15, 0.2) is 65.4 Å². The summed E-state index contributed by atoms with van der Waals surface area (Å²) >= 11 is 0. The van der Waals surface area contributed by atoms with Gasteiger partial charge in [-0.3, -0.25) is 4.79 Å². The zero-order chi connectivity index (χ0) is 30.6. The van der Waals surface area contributed by atoms with Gasteiger partial charge in [0.05, 0.1) is 5.69 Å². The summed E-state index contributed by atoms with van der Waals surface area (Å²) in [6, 6.07) is 20.5. The third-order valence-electron chi connectivity index (χ3n) is 10.3. The first-order valence-electron chi connectivity index (χ1n) is 16.3. The van der Waals surface area contributed by atoms with Crippen LogP contribution in [0.3, 0.4) is 0 Å². The van der Waals surface area contributed by atoms with Crippen molar-refractivity contribution in [1.29, 1.82) is 0 Å². The Kier molecular flexibility index (Phi) is 7.46. The summed E-state index contributed by atoms with van der Waals surface area (Å²) in [6.07, 6.45) is 5.73. The van der Waals surface area contributed by atoms with Gasteiger partial charge >= 0.3 is 0 Å². The number of fused-ring (bicyclic) bond motifs is 4. The summed E-state index contributed by atoms with van der Waals surface area (Å²) in [4.78, 5) is 22.0. The molecule has 2 fully saturated rings. The van der Waals surface area contributed by atoms with Gasteiger partial charge in [-0.05, 0) is 124 Å². The van der Waals surface area contributed by atoms with Crippen LogP contribution in [-0.4, -0.2) is 40.9 Å². The number of nitrogens with one attached hydrogen (secondary N) is 3. The lowest BCUT2D eigenvalue weighted by molar-refractivity contribution is -0.128. The smallest absolute Gasteiger partial charge is 0.181 e. The molecule has 2 aliphatic heterocycles. The van der Waals surface area contributed by atoms with Gasteiger partial charge in [-0.1, -0.05) is 36.2 Å². The first kappa shape index (κ1) is 29.0. The maximum atomic E-state index is 14.0. The van der Waals surface area contributed by atoms with Crippen LogP contribution in [0.5, 0.6) is 0 Å². The molecule has 1 unspecified atom stereocenters. The van der Waals surface area contributed by atoms with Crippen LogP contribution in [0.2, 0.25) is 0 Å². The summed E-state index contributed by atoms with van der Waals surface area (Å²) in [5.74, 6) is 0.741. The van der Waals surface area contributed by atoms with E-state index in [2.05, 4.69) is 104 Å². The highest BCUT2D eigenvalue weighted by Crippen LogP contribution is 2.42. The monoisotopic (exact) mass is 588 g/mol. The number of oxazole rings is 1. The van der Waals surface area contributed by atoms with Gasteiger partial charge in [0, 0.05) is 40.9 Å². The molecule has 6 nitrogen and oxygen atoms in total. The topological polar surface area (TPSA) is 83.0 Å². The van der Waals surface area contributed by atoms with Gasteiger partial charge in [0.15, 0.2) is 12.0 Å². The van der Waals surface area contributed by atoms with Gasteiger partial charge in [0.1, 0.15) is 11.3 Å². The zero-order valence-corrected chi connectivity index (χ0v) is 26.6. The van der Waals surface area contributed by atoms with Gasteiger partial charge in [-0.2, -0.15) is 0 Å². The summed E-state index contributed by atoms with van der Waals surface area (Å²) < 4.78 is 5.50. The van der Waals surface area contributed by atoms with Crippen molar-refractivity contribution in [2.24, 2.45) is 5.92 Å². The Balaban J connectivity index is 1.18. The fourth-order valence-corrected chi connectivity index (χ4v) is 7.89. The van der Waals surface area contributed by atoms with Crippen LogP contribution in [0.1, 0.15) is 73.8 Å². The van der Waals surface area contributed by atoms with Crippen LogP contribution in [0, 0.1) is 19.8 Å². The van der Waals surface area contributed by atoms with E-state index in [1.165, 1.54) is 51.7 Å². The molecule has 2 bridgehead atoms. The molecule has 0 saturated carbocycles. The van der Waals surface area contributed by atoms with E-state index in [1.807, 2.05) is 6.07 Å². The van der Waals surface area contributed by atoms with Gasteiger partial charge in [-0.15, -0.1) is 0 Å². The predicted molar refractivity (Wildman–Crippen MR) is 178 cm³/mol. The van der Waals surface area contributed by atoms with E-state index in [4.69, 9.17) is 4.42 Å². The first-order chi connectivity index (χ1) is 21.2. The number of carbonyl (C=O) groups is 1. The van der Waals surface area contributed by atoms with Crippen LogP contribution in [-0.2, 0) is 16.6 Å². The zero-order valence-electron chi connectivity index (χ0n) is 26.6. The molecule has 0 radical (unpaired) electrons. The molecule has 4 atom stereocenters. The molecule has 0 aliphatic carbocycles. The van der Waals surface area contributed by atoms with Crippen LogP contribution in [0.4, 0.5) is 0 Å². The number of rotatable bonds is 10. The lowest BCUT2D eigenvalue weighted by Crippen LogP contribution is -2.40. The minimum absolute atomic E-state index is 0.115. The number of aromatic amines is 1. The van der Waals surface area contributed by atoms with E-state index in [9.17, 15) is 4.79 Å². The maximum Gasteiger partial charge on any atom is 0.181 e. The van der Waals surface area contributed by atoms with Crippen LogP contribution >= 0.6 is 0 Å². The summed E-state index contributed by atoms with van der Waals surface area (Å²) in [5.41, 5.74) is 10.9. The number of H-pyrrole nitrogens is 1. The first-order valence-corrected chi connectivity index (χ1v) is 16.3. The van der Waals surface area contributed by atoms with E-state index in [1.54, 1.807) is 0 Å². The Morgan fingerprint density at radius 3 is 2.64 bits per heavy atom. The molecule has 44 heavy (non-hydrogen) atoms. The molecule has 3 N–H and O–H groups in total. The molecule has 4 heterocycles. The van der Waals surface area contributed by atoms with E-state index in [0.717, 1.165) is 54.5 Å². The highest BCUT2D eigenvalue weighted by molar-refractivity contribution is 5.96. The molecule has 0 amide bonds. The maximum absolute atomic E-state index is 14.0. The van der Waals surface area contributed by atoms with E-state index < -0.39 is 5.41 Å². The van der Waals surface area contributed by atoms with Crippen molar-refractivity contribution >= 4 is 27.8 Å². The average Bonchev–Trinajstić information content (AvgIpc) is 3.81. The predicted octanol–water partition coefficient (Wildman–Crippen LogP) is 7.52. The summed E-state index contributed by atoms with van der Waals surface area (Å²) in [7, 11) is 0. The number of ketones is 1. The van der Waals surface area contributed by atoms with Gasteiger partial charge in [0.2, 0.25) is 0 Å². The number of Topliss-reactive ketones (excluding diaryl/α,β-unsaturated/α-hetero) is 1. The molecule has 6 heteroatoms. The third-order valence-corrected chi connectivity index (χ3v) is 10.3. The molecule has 2 saturated heterocycles. The normalized spacial score (nSPS) is 20.6. The molecule has 5 aromatic rings. The van der Waals surface area contributed by atoms with Crippen LogP contribution < -0.4 is 10.6 Å². The van der Waals surface area contributed by atoms with Crippen molar-refractivity contribution in [1.82, 2.24) is 20.6 Å². The number of benzene rings is 3. The summed E-state index contributed by atoms with van der Waals surface area (Å²) in [6.45, 7) is 12.6. The SMILES string of the molecule is Cc1cc(C)cc(-c2[nH]c3ccc(C(C)(C)C(=O)C4C[C@H]5CC[C@@H]4N5)cc3c2[C@H](C)CNCCc2ccc3ncoc3c2)c1. The minimum atomic E-state index is -0.550. The molecule has 7 rings (SSSR count). The number of hydrogen-bond acceptors (Lipinski definition) is 5. The highest BCUT2D eigenvalue weighted by atomic mass is 16.3. The number of aromatic nitrogens is 2. The molecule has 2 aliphatic rings. The Morgan fingerprint density at radius 1 is 1.07 bits per heavy atom. The lowest BCUT2D eigenvalue weighted by atomic mass is 9.71. The van der Waals surface area contributed by atoms with Crippen molar-refractivity contribution in [2.75, 3.05) is 13.1 Å². The van der Waals surface area contributed by atoms with Crippen molar-refractivity contribution in [3.63, 3.8) is 0 Å². The Hall–Kier alpha value is -3.74. The van der Waals surface area contributed by atoms with E-state index in [0.29, 0.717) is 17.9 Å². The van der Waals surface area contributed by atoms with Crippen molar-refractivity contribution in [3.05, 3.63) is 88.8 Å². The summed E-state index contributed by atoms with van der Waals surface area (Å²) in [5, 5.41) is 8.61. The van der Waals surface area contributed by atoms with Crippen LogP contribution in [0.25, 0.3) is 33.3 Å². The minimum Gasteiger partial charge on any atom is -0.443 e. The molecule has 3 aromatic carbocycles. The van der Waals surface area contributed by atoms with Crippen molar-refractivity contribution in [2.45, 2.75) is 83.7 Å². The number of nitrogens with zero attached hydrogens (tertiary/aromatic N) is 1. The average molecular weight is 589 g/mol. The molecular weight excluding hydrogens is 544 g/mol. The van der Waals surface area contributed by atoms with Gasteiger partial charge in [0.25, 0.3) is 0 Å². The van der Waals surface area contributed by atoms with Crippen molar-refractivity contribution < 1.29 is 9.21 Å². The Morgan fingerprint density at radius 2 is 1.89 bits per heavy atom. The van der Waals surface area contributed by atoms with E-state index in [-0.39, 0.29) is 11.8 Å². The molecule has 228 valence electrons. The Labute approximate surface area is 260 Å². The quantitative estimate of drug-likeness (QED) is 0.147.